The predicted molar refractivity (Wildman–Crippen MR) is 76.8 cm³/mol. The van der Waals surface area contributed by atoms with Crippen molar-refractivity contribution < 1.29 is 4.79 Å². The summed E-state index contributed by atoms with van der Waals surface area (Å²) in [5.74, 6) is 1.39. The van der Waals surface area contributed by atoms with Gasteiger partial charge in [-0.1, -0.05) is 6.42 Å². The number of hydrogen-bond donors (Lipinski definition) is 2. The molecule has 1 aromatic rings. The second-order valence-electron chi connectivity index (χ2n) is 5.52. The lowest BCUT2D eigenvalue weighted by molar-refractivity contribution is 0.0933. The molecule has 0 radical (unpaired) electrons. The number of rotatable bonds is 4. The third kappa shape index (κ3) is 3.07. The lowest BCUT2D eigenvalue weighted by Crippen LogP contribution is -2.44. The third-order valence-electron chi connectivity index (χ3n) is 4.10. The molecule has 108 valence electrons. The normalized spacial score (nSPS) is 19.5. The van der Waals surface area contributed by atoms with Crippen LogP contribution in [0.25, 0.3) is 0 Å². The summed E-state index contributed by atoms with van der Waals surface area (Å²) >= 11 is 0. The van der Waals surface area contributed by atoms with Gasteiger partial charge in [-0.3, -0.25) is 4.79 Å². The zero-order chi connectivity index (χ0) is 13.8. The Morgan fingerprint density at radius 3 is 2.70 bits per heavy atom. The lowest BCUT2D eigenvalue weighted by atomic mass is 9.85. The van der Waals surface area contributed by atoms with Gasteiger partial charge < -0.3 is 15.5 Å². The Morgan fingerprint density at radius 2 is 2.10 bits per heavy atom. The molecule has 2 heterocycles. The summed E-state index contributed by atoms with van der Waals surface area (Å²) in [6, 6.07) is 3.65. The molecule has 0 unspecified atom stereocenters. The minimum Gasteiger partial charge on any atom is -0.353 e. The van der Waals surface area contributed by atoms with E-state index in [0.717, 1.165) is 38.5 Å². The second kappa shape index (κ2) is 6.17. The molecule has 6 nitrogen and oxygen atoms in total. The third-order valence-corrected chi connectivity index (χ3v) is 4.10. The fourth-order valence-electron chi connectivity index (χ4n) is 2.53. The molecule has 1 aliphatic heterocycles. The smallest absolute Gasteiger partial charge is 0.271 e. The number of carbonyl (C=O) groups is 1. The average Bonchev–Trinajstić information content (AvgIpc) is 2.46. The van der Waals surface area contributed by atoms with E-state index in [9.17, 15) is 4.79 Å². The summed E-state index contributed by atoms with van der Waals surface area (Å²) in [6.45, 7) is 4.56. The van der Waals surface area contributed by atoms with Crippen molar-refractivity contribution in [3.8, 4) is 0 Å². The van der Waals surface area contributed by atoms with E-state index in [1.54, 1.807) is 6.07 Å². The van der Waals surface area contributed by atoms with Gasteiger partial charge in [-0.15, -0.1) is 10.2 Å². The van der Waals surface area contributed by atoms with Gasteiger partial charge in [0.05, 0.1) is 0 Å². The van der Waals surface area contributed by atoms with E-state index in [0.29, 0.717) is 11.6 Å². The van der Waals surface area contributed by atoms with Crippen molar-refractivity contribution in [2.75, 3.05) is 37.6 Å². The van der Waals surface area contributed by atoms with E-state index in [1.165, 1.54) is 19.3 Å². The number of nitrogens with one attached hydrogen (secondary N) is 2. The topological polar surface area (TPSA) is 70.2 Å². The largest absolute Gasteiger partial charge is 0.353 e. The molecular formula is C14H21N5O. The summed E-state index contributed by atoms with van der Waals surface area (Å²) in [5, 5.41) is 14.5. The van der Waals surface area contributed by atoms with Crippen molar-refractivity contribution >= 4 is 11.7 Å². The number of anilines is 1. The number of piperazine rings is 1. The van der Waals surface area contributed by atoms with Crippen LogP contribution < -0.4 is 15.5 Å². The number of hydrogen-bond acceptors (Lipinski definition) is 5. The molecule has 6 heteroatoms. The van der Waals surface area contributed by atoms with Gasteiger partial charge in [0.1, 0.15) is 0 Å². The summed E-state index contributed by atoms with van der Waals surface area (Å²) in [4.78, 5) is 14.1. The van der Waals surface area contributed by atoms with Crippen LogP contribution in [0.15, 0.2) is 12.1 Å². The van der Waals surface area contributed by atoms with Gasteiger partial charge in [0.15, 0.2) is 11.5 Å². The van der Waals surface area contributed by atoms with Crippen molar-refractivity contribution in [3.05, 3.63) is 17.8 Å². The molecule has 2 N–H and O–H groups in total. The molecule has 1 saturated carbocycles. The number of nitrogens with zero attached hydrogens (tertiary/aromatic N) is 3. The van der Waals surface area contributed by atoms with Gasteiger partial charge >= 0.3 is 0 Å². The van der Waals surface area contributed by atoms with E-state index in [-0.39, 0.29) is 5.91 Å². The maximum absolute atomic E-state index is 11.9. The Labute approximate surface area is 118 Å². The standard InChI is InChI=1S/C14H21N5O/c20-14(16-10-11-2-1-3-11)12-4-5-13(18-17-12)19-8-6-15-7-9-19/h4-5,11,15H,1-3,6-10H2,(H,16,20). The monoisotopic (exact) mass is 275 g/mol. The number of aromatic nitrogens is 2. The Morgan fingerprint density at radius 1 is 1.30 bits per heavy atom. The van der Waals surface area contributed by atoms with Gasteiger partial charge in [0, 0.05) is 32.7 Å². The fourth-order valence-corrected chi connectivity index (χ4v) is 2.53. The van der Waals surface area contributed by atoms with Crippen LogP contribution in [0.4, 0.5) is 5.82 Å². The molecule has 1 aromatic heterocycles. The Bertz CT molecular complexity index is 451. The van der Waals surface area contributed by atoms with Crippen LogP contribution in [-0.4, -0.2) is 48.8 Å². The van der Waals surface area contributed by atoms with Gasteiger partial charge in [-0.25, -0.2) is 0 Å². The Kier molecular flexibility index (Phi) is 4.11. The molecule has 1 aliphatic carbocycles. The quantitative estimate of drug-likeness (QED) is 0.833. The molecule has 2 fully saturated rings. The van der Waals surface area contributed by atoms with Crippen LogP contribution in [0.1, 0.15) is 29.8 Å². The van der Waals surface area contributed by atoms with Crippen molar-refractivity contribution in [1.82, 2.24) is 20.8 Å². The summed E-state index contributed by atoms with van der Waals surface area (Å²) < 4.78 is 0. The number of carbonyl (C=O) groups excluding carboxylic acids is 1. The van der Waals surface area contributed by atoms with Crippen molar-refractivity contribution in [2.45, 2.75) is 19.3 Å². The highest BCUT2D eigenvalue weighted by Gasteiger charge is 2.19. The fraction of sp³-hybridized carbons (Fsp3) is 0.643. The summed E-state index contributed by atoms with van der Waals surface area (Å²) in [7, 11) is 0. The first-order chi connectivity index (χ1) is 9.83. The molecular weight excluding hydrogens is 254 g/mol. The molecule has 20 heavy (non-hydrogen) atoms. The van der Waals surface area contributed by atoms with Crippen molar-refractivity contribution in [3.63, 3.8) is 0 Å². The minimum atomic E-state index is -0.115. The first kappa shape index (κ1) is 13.3. The van der Waals surface area contributed by atoms with Crippen LogP contribution in [0.5, 0.6) is 0 Å². The molecule has 1 saturated heterocycles. The minimum absolute atomic E-state index is 0.115. The highest BCUT2D eigenvalue weighted by atomic mass is 16.1. The van der Waals surface area contributed by atoms with E-state index in [4.69, 9.17) is 0 Å². The van der Waals surface area contributed by atoms with Gasteiger partial charge in [0.25, 0.3) is 5.91 Å². The van der Waals surface area contributed by atoms with E-state index in [2.05, 4.69) is 25.7 Å². The molecule has 2 aliphatic rings. The maximum Gasteiger partial charge on any atom is 0.271 e. The Hall–Kier alpha value is -1.69. The molecule has 0 bridgehead atoms. The first-order valence-electron chi connectivity index (χ1n) is 7.40. The highest BCUT2D eigenvalue weighted by Crippen LogP contribution is 2.25. The van der Waals surface area contributed by atoms with Gasteiger partial charge in [0.2, 0.25) is 0 Å². The summed E-state index contributed by atoms with van der Waals surface area (Å²) in [5.41, 5.74) is 0.406. The van der Waals surface area contributed by atoms with Gasteiger partial charge in [-0.2, -0.15) is 0 Å². The molecule has 0 aromatic carbocycles. The Balaban J connectivity index is 1.55. The molecule has 0 atom stereocenters. The van der Waals surface area contributed by atoms with Gasteiger partial charge in [-0.05, 0) is 30.9 Å². The SMILES string of the molecule is O=C(NCC1CCC1)c1ccc(N2CCNCC2)nn1. The number of amides is 1. The van der Waals surface area contributed by atoms with Crippen LogP contribution >= 0.6 is 0 Å². The van der Waals surface area contributed by atoms with Crippen LogP contribution in [0.3, 0.4) is 0 Å². The van der Waals surface area contributed by atoms with E-state index < -0.39 is 0 Å². The van der Waals surface area contributed by atoms with Crippen molar-refractivity contribution in [2.24, 2.45) is 5.92 Å². The molecule has 1 amide bonds. The molecule has 3 rings (SSSR count). The maximum atomic E-state index is 11.9. The first-order valence-corrected chi connectivity index (χ1v) is 7.40. The van der Waals surface area contributed by atoms with Crippen molar-refractivity contribution in [1.29, 1.82) is 0 Å². The van der Waals surface area contributed by atoms with Crippen LogP contribution in [-0.2, 0) is 0 Å². The second-order valence-corrected chi connectivity index (χ2v) is 5.52. The highest BCUT2D eigenvalue weighted by molar-refractivity contribution is 5.92. The predicted octanol–water partition coefficient (Wildman–Crippen LogP) is 0.416. The van der Waals surface area contributed by atoms with E-state index in [1.807, 2.05) is 6.07 Å². The molecule has 0 spiro atoms. The lowest BCUT2D eigenvalue weighted by Gasteiger charge is -2.27. The van der Waals surface area contributed by atoms with E-state index >= 15 is 0 Å². The zero-order valence-electron chi connectivity index (χ0n) is 11.6. The average molecular weight is 275 g/mol. The van der Waals surface area contributed by atoms with Crippen LogP contribution in [0.2, 0.25) is 0 Å². The summed E-state index contributed by atoms with van der Waals surface area (Å²) in [6.07, 6.45) is 3.75. The zero-order valence-corrected chi connectivity index (χ0v) is 11.6. The van der Waals surface area contributed by atoms with Crippen LogP contribution in [0, 0.1) is 5.92 Å².